The molecule has 2 atom stereocenters. The lowest BCUT2D eigenvalue weighted by Crippen LogP contribution is -2.41. The highest BCUT2D eigenvalue weighted by molar-refractivity contribution is 5.94. The first-order valence-corrected chi connectivity index (χ1v) is 8.45. The van der Waals surface area contributed by atoms with Gasteiger partial charge >= 0.3 is 0 Å². The summed E-state index contributed by atoms with van der Waals surface area (Å²) in [5, 5.41) is 8.39. The van der Waals surface area contributed by atoms with Gasteiger partial charge in [-0.05, 0) is 13.3 Å². The number of rotatable bonds is 5. The van der Waals surface area contributed by atoms with Crippen LogP contribution in [0.5, 0.6) is 0 Å². The van der Waals surface area contributed by atoms with Crippen molar-refractivity contribution in [3.8, 4) is 0 Å². The monoisotopic (exact) mass is 348 g/mol. The minimum Gasteiger partial charge on any atom is -0.340 e. The molecule has 1 aliphatic heterocycles. The van der Waals surface area contributed by atoms with Crippen molar-refractivity contribution in [2.45, 2.75) is 32.1 Å². The molecular weight excluding hydrogens is 323 g/mol. The Morgan fingerprint density at radius 2 is 2.12 bits per heavy atom. The van der Waals surface area contributed by atoms with Gasteiger partial charge in [0, 0.05) is 64.8 Å². The van der Waals surface area contributed by atoms with E-state index in [1.807, 2.05) is 20.2 Å². The first-order chi connectivity index (χ1) is 11.8. The van der Waals surface area contributed by atoms with Gasteiger partial charge in [-0.15, -0.1) is 0 Å². The van der Waals surface area contributed by atoms with E-state index in [1.165, 1.54) is 0 Å². The SMILES string of the molecule is Cc1nn(C)cc1C(=O)N(C)C[C@@H]1C[C@H](F)CN1Cc1cnn(C)c1. The molecule has 0 aromatic carbocycles. The molecule has 3 rings (SSSR count). The molecule has 0 aliphatic carbocycles. The third-order valence-corrected chi connectivity index (χ3v) is 4.70. The Bertz CT molecular complexity index is 754. The molecule has 1 amide bonds. The summed E-state index contributed by atoms with van der Waals surface area (Å²) >= 11 is 0. The molecule has 25 heavy (non-hydrogen) atoms. The molecule has 0 bridgehead atoms. The fourth-order valence-electron chi connectivity index (χ4n) is 3.51. The van der Waals surface area contributed by atoms with Crippen LogP contribution in [0.3, 0.4) is 0 Å². The van der Waals surface area contributed by atoms with Gasteiger partial charge in [-0.1, -0.05) is 0 Å². The van der Waals surface area contributed by atoms with Crippen molar-refractivity contribution in [2.24, 2.45) is 14.1 Å². The van der Waals surface area contributed by atoms with Crippen LogP contribution in [0.15, 0.2) is 18.6 Å². The van der Waals surface area contributed by atoms with Crippen LogP contribution in [0, 0.1) is 6.92 Å². The predicted octanol–water partition coefficient (Wildman–Crippen LogP) is 1.15. The fraction of sp³-hybridized carbons (Fsp3) is 0.588. The molecule has 0 spiro atoms. The number of likely N-dealkylation sites (tertiary alicyclic amines) is 1. The van der Waals surface area contributed by atoms with Crippen molar-refractivity contribution >= 4 is 5.91 Å². The smallest absolute Gasteiger partial charge is 0.257 e. The van der Waals surface area contributed by atoms with Crippen LogP contribution in [-0.2, 0) is 20.6 Å². The Hall–Kier alpha value is -2.22. The summed E-state index contributed by atoms with van der Waals surface area (Å²) in [6, 6.07) is 0.00105. The van der Waals surface area contributed by atoms with E-state index < -0.39 is 6.17 Å². The number of amides is 1. The van der Waals surface area contributed by atoms with Crippen LogP contribution in [0.1, 0.15) is 28.0 Å². The molecule has 0 saturated carbocycles. The molecule has 0 N–H and O–H groups in total. The van der Waals surface area contributed by atoms with Crippen molar-refractivity contribution in [1.29, 1.82) is 0 Å². The van der Waals surface area contributed by atoms with Gasteiger partial charge in [0.15, 0.2) is 0 Å². The van der Waals surface area contributed by atoms with Crippen LogP contribution in [-0.4, -0.2) is 67.6 Å². The van der Waals surface area contributed by atoms with E-state index in [1.54, 1.807) is 40.8 Å². The molecule has 1 fully saturated rings. The number of hydrogen-bond acceptors (Lipinski definition) is 4. The molecule has 3 heterocycles. The van der Waals surface area contributed by atoms with Gasteiger partial charge in [0.25, 0.3) is 5.91 Å². The van der Waals surface area contributed by atoms with Crippen LogP contribution >= 0.6 is 0 Å². The van der Waals surface area contributed by atoms with Crippen molar-refractivity contribution < 1.29 is 9.18 Å². The number of likely N-dealkylation sites (N-methyl/N-ethyl adjacent to an activating group) is 1. The second-order valence-corrected chi connectivity index (χ2v) is 6.93. The summed E-state index contributed by atoms with van der Waals surface area (Å²) in [4.78, 5) is 16.4. The van der Waals surface area contributed by atoms with E-state index in [4.69, 9.17) is 0 Å². The zero-order chi connectivity index (χ0) is 18.1. The Kier molecular flexibility index (Phi) is 4.89. The zero-order valence-corrected chi connectivity index (χ0v) is 15.2. The maximum Gasteiger partial charge on any atom is 0.257 e. The minimum absolute atomic E-state index is 0.00105. The Morgan fingerprint density at radius 1 is 1.36 bits per heavy atom. The summed E-state index contributed by atoms with van der Waals surface area (Å²) in [7, 11) is 5.43. The molecule has 1 aliphatic rings. The molecule has 0 unspecified atom stereocenters. The Labute approximate surface area is 147 Å². The van der Waals surface area contributed by atoms with E-state index in [0.717, 1.165) is 5.56 Å². The quantitative estimate of drug-likeness (QED) is 0.813. The first kappa shape index (κ1) is 17.6. The third-order valence-electron chi connectivity index (χ3n) is 4.70. The zero-order valence-electron chi connectivity index (χ0n) is 15.2. The van der Waals surface area contributed by atoms with Crippen molar-refractivity contribution in [3.63, 3.8) is 0 Å². The number of aryl methyl sites for hydroxylation is 3. The van der Waals surface area contributed by atoms with Gasteiger partial charge in [-0.2, -0.15) is 10.2 Å². The summed E-state index contributed by atoms with van der Waals surface area (Å²) in [5.41, 5.74) is 2.36. The van der Waals surface area contributed by atoms with Crippen LogP contribution in [0.25, 0.3) is 0 Å². The molecule has 136 valence electrons. The molecular formula is C17H25FN6O. The average molecular weight is 348 g/mol. The van der Waals surface area contributed by atoms with Crippen LogP contribution < -0.4 is 0 Å². The number of nitrogens with zero attached hydrogens (tertiary/aromatic N) is 6. The lowest BCUT2D eigenvalue weighted by atomic mass is 10.1. The molecule has 2 aromatic rings. The maximum absolute atomic E-state index is 14.0. The number of carbonyl (C=O) groups excluding carboxylic acids is 1. The summed E-state index contributed by atoms with van der Waals surface area (Å²) in [5.74, 6) is -0.0748. The fourth-order valence-corrected chi connectivity index (χ4v) is 3.51. The third kappa shape index (κ3) is 3.89. The average Bonchev–Trinajstić information content (AvgIpc) is 3.19. The second-order valence-electron chi connectivity index (χ2n) is 6.93. The van der Waals surface area contributed by atoms with Gasteiger partial charge in [-0.3, -0.25) is 19.1 Å². The van der Waals surface area contributed by atoms with Crippen molar-refractivity contribution in [1.82, 2.24) is 29.4 Å². The summed E-state index contributed by atoms with van der Waals surface area (Å²) in [6.45, 7) is 3.36. The molecule has 7 nitrogen and oxygen atoms in total. The van der Waals surface area contributed by atoms with E-state index >= 15 is 0 Å². The highest BCUT2D eigenvalue weighted by atomic mass is 19.1. The number of hydrogen-bond donors (Lipinski definition) is 0. The second kappa shape index (κ2) is 6.95. The van der Waals surface area contributed by atoms with Crippen molar-refractivity contribution in [3.05, 3.63) is 35.4 Å². The number of alkyl halides is 1. The van der Waals surface area contributed by atoms with Gasteiger partial charge in [0.05, 0.1) is 17.5 Å². The normalized spacial score (nSPS) is 21.0. The van der Waals surface area contributed by atoms with Gasteiger partial charge in [0.1, 0.15) is 6.17 Å². The largest absolute Gasteiger partial charge is 0.340 e. The molecule has 2 aromatic heterocycles. The van der Waals surface area contributed by atoms with E-state index in [-0.39, 0.29) is 11.9 Å². The molecule has 8 heteroatoms. The number of carbonyl (C=O) groups is 1. The van der Waals surface area contributed by atoms with Crippen LogP contribution in [0.2, 0.25) is 0 Å². The Balaban J connectivity index is 1.67. The summed E-state index contributed by atoms with van der Waals surface area (Å²) < 4.78 is 17.4. The minimum atomic E-state index is -0.856. The highest BCUT2D eigenvalue weighted by Crippen LogP contribution is 2.24. The Morgan fingerprint density at radius 3 is 2.72 bits per heavy atom. The van der Waals surface area contributed by atoms with Crippen molar-refractivity contribution in [2.75, 3.05) is 20.1 Å². The topological polar surface area (TPSA) is 59.2 Å². The van der Waals surface area contributed by atoms with E-state index in [0.29, 0.717) is 37.3 Å². The predicted molar refractivity (Wildman–Crippen MR) is 91.8 cm³/mol. The molecule has 0 radical (unpaired) electrons. The highest BCUT2D eigenvalue weighted by Gasteiger charge is 2.34. The lowest BCUT2D eigenvalue weighted by molar-refractivity contribution is 0.0749. The number of aromatic nitrogens is 4. The summed E-state index contributed by atoms with van der Waals surface area (Å²) in [6.07, 6.45) is 5.07. The van der Waals surface area contributed by atoms with E-state index in [9.17, 15) is 9.18 Å². The standard InChI is InChI=1S/C17H25FN6O/c1-12-16(11-23(4)20-12)17(25)21(2)10-15-5-14(18)9-24(15)8-13-6-19-22(3)7-13/h6-7,11,14-15H,5,8-10H2,1-4H3/t14-,15-/m0/s1. The molecule has 1 saturated heterocycles. The van der Waals surface area contributed by atoms with Gasteiger partial charge in [-0.25, -0.2) is 4.39 Å². The van der Waals surface area contributed by atoms with Gasteiger partial charge in [0.2, 0.25) is 0 Å². The van der Waals surface area contributed by atoms with Crippen LogP contribution in [0.4, 0.5) is 4.39 Å². The number of halogens is 1. The maximum atomic E-state index is 14.0. The first-order valence-electron chi connectivity index (χ1n) is 8.45. The van der Waals surface area contributed by atoms with E-state index in [2.05, 4.69) is 15.1 Å². The lowest BCUT2D eigenvalue weighted by Gasteiger charge is -2.28. The van der Waals surface area contributed by atoms with Gasteiger partial charge < -0.3 is 4.90 Å².